The number of halogens is 3. The van der Waals surface area contributed by atoms with Gasteiger partial charge in [-0.05, 0) is 41.8 Å². The molecule has 1 N–H and O–H groups in total. The van der Waals surface area contributed by atoms with E-state index in [-0.39, 0.29) is 11.8 Å². The third-order valence-corrected chi connectivity index (χ3v) is 3.77. The molecule has 0 saturated heterocycles. The number of carbonyl (C=O) groups is 1. The monoisotopic (exact) mass is 368 g/mol. The summed E-state index contributed by atoms with van der Waals surface area (Å²) < 4.78 is 28.5. The first-order valence-corrected chi connectivity index (χ1v) is 8.09. The third kappa shape index (κ3) is 6.58. The van der Waals surface area contributed by atoms with Crippen LogP contribution in [0.1, 0.15) is 11.1 Å². The molecule has 2 aromatic carbocycles. The lowest BCUT2D eigenvalue weighted by Gasteiger charge is -2.18. The second-order valence-corrected chi connectivity index (χ2v) is 5.92. The topological polar surface area (TPSA) is 41.6 Å². The highest BCUT2D eigenvalue weighted by atomic mass is 35.5. The van der Waals surface area contributed by atoms with Crippen LogP contribution >= 0.6 is 11.6 Å². The summed E-state index contributed by atoms with van der Waals surface area (Å²) in [5, 5.41) is 3.47. The molecule has 0 aliphatic carbocycles. The van der Waals surface area contributed by atoms with E-state index >= 15 is 0 Å². The first-order valence-electron chi connectivity index (χ1n) is 7.71. The maximum Gasteiger partial charge on any atom is 0.387 e. The number of nitrogens with zero attached hydrogens (tertiary/aromatic N) is 1. The molecule has 0 spiro atoms. The van der Waals surface area contributed by atoms with Crippen molar-refractivity contribution in [3.63, 3.8) is 0 Å². The highest BCUT2D eigenvalue weighted by Gasteiger charge is 2.09. The Balaban J connectivity index is 1.74. The zero-order valence-electron chi connectivity index (χ0n) is 13.7. The minimum Gasteiger partial charge on any atom is -0.435 e. The summed E-state index contributed by atoms with van der Waals surface area (Å²) in [5.74, 6) is 0.116. The molecule has 0 aliphatic rings. The van der Waals surface area contributed by atoms with Crippen molar-refractivity contribution in [2.45, 2.75) is 19.6 Å². The molecule has 134 valence electrons. The summed E-state index contributed by atoms with van der Waals surface area (Å²) in [6, 6.07) is 13.5. The number of hydrogen-bond acceptors (Lipinski definition) is 2. The minimum absolute atomic E-state index is 0.116. The molecule has 0 bridgehead atoms. The van der Waals surface area contributed by atoms with Gasteiger partial charge in [0.25, 0.3) is 0 Å². The van der Waals surface area contributed by atoms with Gasteiger partial charge in [0.15, 0.2) is 0 Å². The lowest BCUT2D eigenvalue weighted by Crippen LogP contribution is -2.37. The molecule has 7 heteroatoms. The number of alkyl halides is 2. The molecule has 0 radical (unpaired) electrons. The van der Waals surface area contributed by atoms with Crippen LogP contribution in [0, 0.1) is 0 Å². The molecular weight excluding hydrogens is 350 g/mol. The van der Waals surface area contributed by atoms with Crippen molar-refractivity contribution in [3.05, 3.63) is 64.7 Å². The molecule has 0 aromatic heterocycles. The highest BCUT2D eigenvalue weighted by Crippen LogP contribution is 2.15. The van der Waals surface area contributed by atoms with Gasteiger partial charge in [0, 0.05) is 25.2 Å². The molecule has 2 aromatic rings. The Labute approximate surface area is 150 Å². The van der Waals surface area contributed by atoms with Crippen molar-refractivity contribution in [1.29, 1.82) is 0 Å². The fourth-order valence-corrected chi connectivity index (χ4v) is 2.35. The van der Waals surface area contributed by atoms with Gasteiger partial charge in [0.05, 0.1) is 0 Å². The molecule has 0 fully saturated rings. The van der Waals surface area contributed by atoms with Crippen molar-refractivity contribution in [3.8, 4) is 5.75 Å². The van der Waals surface area contributed by atoms with E-state index in [9.17, 15) is 13.6 Å². The molecule has 0 heterocycles. The van der Waals surface area contributed by atoms with Gasteiger partial charge in [0.2, 0.25) is 0 Å². The standard InChI is InChI=1S/C18H19ClF2N2O2/c1-23(12-14-2-6-15(19)7-3-14)18(24)22-11-10-13-4-8-16(9-5-13)25-17(20)21/h2-9,17H,10-12H2,1H3,(H,22,24). The van der Waals surface area contributed by atoms with Crippen LogP contribution in [0.3, 0.4) is 0 Å². The first kappa shape index (κ1) is 19.0. The Morgan fingerprint density at radius 2 is 1.72 bits per heavy atom. The van der Waals surface area contributed by atoms with Crippen molar-refractivity contribution in [1.82, 2.24) is 10.2 Å². The molecule has 0 atom stereocenters. The van der Waals surface area contributed by atoms with Gasteiger partial charge >= 0.3 is 12.6 Å². The number of rotatable bonds is 7. The largest absolute Gasteiger partial charge is 0.435 e. The van der Waals surface area contributed by atoms with Gasteiger partial charge in [-0.3, -0.25) is 0 Å². The van der Waals surface area contributed by atoms with Gasteiger partial charge in [-0.25, -0.2) is 4.79 Å². The molecular formula is C18H19ClF2N2O2. The highest BCUT2D eigenvalue weighted by molar-refractivity contribution is 6.30. The average molecular weight is 369 g/mol. The number of carbonyl (C=O) groups excluding carboxylic acids is 1. The minimum atomic E-state index is -2.83. The molecule has 2 amide bonds. The van der Waals surface area contributed by atoms with Gasteiger partial charge in [-0.1, -0.05) is 35.9 Å². The smallest absolute Gasteiger partial charge is 0.387 e. The number of amides is 2. The molecule has 2 rings (SSSR count). The van der Waals surface area contributed by atoms with Crippen LogP contribution in [0.4, 0.5) is 13.6 Å². The normalized spacial score (nSPS) is 10.6. The number of ether oxygens (including phenoxy) is 1. The van der Waals surface area contributed by atoms with Crippen LogP contribution < -0.4 is 10.1 Å². The molecule has 0 saturated carbocycles. The van der Waals surface area contributed by atoms with Crippen LogP contribution in [-0.2, 0) is 13.0 Å². The number of benzene rings is 2. The van der Waals surface area contributed by atoms with Gasteiger partial charge in [-0.15, -0.1) is 0 Å². The van der Waals surface area contributed by atoms with Gasteiger partial charge in [-0.2, -0.15) is 8.78 Å². The number of hydrogen-bond donors (Lipinski definition) is 1. The third-order valence-electron chi connectivity index (χ3n) is 3.52. The Morgan fingerprint density at radius 3 is 2.32 bits per heavy atom. The zero-order valence-corrected chi connectivity index (χ0v) is 14.5. The van der Waals surface area contributed by atoms with E-state index in [0.29, 0.717) is 24.5 Å². The molecule has 0 aliphatic heterocycles. The molecule has 4 nitrogen and oxygen atoms in total. The van der Waals surface area contributed by atoms with Crippen molar-refractivity contribution >= 4 is 17.6 Å². The van der Waals surface area contributed by atoms with Gasteiger partial charge in [0.1, 0.15) is 5.75 Å². The lowest BCUT2D eigenvalue weighted by molar-refractivity contribution is -0.0498. The number of nitrogens with one attached hydrogen (secondary N) is 1. The quantitative estimate of drug-likeness (QED) is 0.790. The Hall–Kier alpha value is -2.34. The first-order chi connectivity index (χ1) is 11.9. The summed E-state index contributed by atoms with van der Waals surface area (Å²) in [6.45, 7) is -1.91. The van der Waals surface area contributed by atoms with Crippen molar-refractivity contribution in [2.75, 3.05) is 13.6 Å². The average Bonchev–Trinajstić information content (AvgIpc) is 2.58. The maximum atomic E-state index is 12.1. The van der Waals surface area contributed by atoms with E-state index in [0.717, 1.165) is 11.1 Å². The van der Waals surface area contributed by atoms with Crippen LogP contribution in [0.2, 0.25) is 5.02 Å². The predicted molar refractivity (Wildman–Crippen MR) is 93.1 cm³/mol. The Kier molecular flexibility index (Phi) is 7.01. The van der Waals surface area contributed by atoms with E-state index < -0.39 is 6.61 Å². The zero-order chi connectivity index (χ0) is 18.2. The summed E-state index contributed by atoms with van der Waals surface area (Å²) in [4.78, 5) is 13.6. The van der Waals surface area contributed by atoms with Crippen LogP contribution in [0.15, 0.2) is 48.5 Å². The molecule has 0 unspecified atom stereocenters. The predicted octanol–water partition coefficient (Wildman–Crippen LogP) is 4.33. The fraction of sp³-hybridized carbons (Fsp3) is 0.278. The Bertz CT molecular complexity index is 678. The fourth-order valence-electron chi connectivity index (χ4n) is 2.22. The van der Waals surface area contributed by atoms with Crippen LogP contribution in [0.5, 0.6) is 5.75 Å². The SMILES string of the molecule is CN(Cc1ccc(Cl)cc1)C(=O)NCCc1ccc(OC(F)F)cc1. The Morgan fingerprint density at radius 1 is 1.12 bits per heavy atom. The van der Waals surface area contributed by atoms with E-state index in [1.165, 1.54) is 12.1 Å². The van der Waals surface area contributed by atoms with E-state index in [2.05, 4.69) is 10.1 Å². The maximum absolute atomic E-state index is 12.1. The summed E-state index contributed by atoms with van der Waals surface area (Å²) in [6.07, 6.45) is 0.593. The van der Waals surface area contributed by atoms with Crippen molar-refractivity contribution < 1.29 is 18.3 Å². The van der Waals surface area contributed by atoms with E-state index in [1.54, 1.807) is 36.2 Å². The van der Waals surface area contributed by atoms with Crippen LogP contribution in [-0.4, -0.2) is 31.1 Å². The summed E-state index contributed by atoms with van der Waals surface area (Å²) in [5.41, 5.74) is 1.90. The second kappa shape index (κ2) is 9.22. The van der Waals surface area contributed by atoms with Crippen LogP contribution in [0.25, 0.3) is 0 Å². The summed E-state index contributed by atoms with van der Waals surface area (Å²) >= 11 is 5.83. The van der Waals surface area contributed by atoms with Gasteiger partial charge < -0.3 is 15.0 Å². The van der Waals surface area contributed by atoms with E-state index in [1.807, 2.05) is 12.1 Å². The number of urea groups is 1. The van der Waals surface area contributed by atoms with E-state index in [4.69, 9.17) is 11.6 Å². The molecule has 25 heavy (non-hydrogen) atoms. The lowest BCUT2D eigenvalue weighted by atomic mass is 10.1. The summed E-state index contributed by atoms with van der Waals surface area (Å²) in [7, 11) is 1.71. The van der Waals surface area contributed by atoms with Crippen molar-refractivity contribution in [2.24, 2.45) is 0 Å². The second-order valence-electron chi connectivity index (χ2n) is 5.49.